The minimum absolute atomic E-state index is 0.0715. The minimum atomic E-state index is -0.723. The van der Waals surface area contributed by atoms with Gasteiger partial charge in [-0.2, -0.15) is 0 Å². The number of benzene rings is 2. The van der Waals surface area contributed by atoms with Crippen molar-refractivity contribution >= 4 is 5.97 Å². The highest BCUT2D eigenvalue weighted by molar-refractivity contribution is 5.90. The molecule has 0 amide bonds. The third kappa shape index (κ3) is 4.85. The second kappa shape index (κ2) is 9.29. The van der Waals surface area contributed by atoms with Gasteiger partial charge in [-0.15, -0.1) is 0 Å². The molecule has 0 bridgehead atoms. The summed E-state index contributed by atoms with van der Waals surface area (Å²) in [5.74, 6) is 1.83. The highest BCUT2D eigenvalue weighted by Gasteiger charge is 2.14. The molecular formula is C20H23NO7. The summed E-state index contributed by atoms with van der Waals surface area (Å²) >= 11 is 0. The van der Waals surface area contributed by atoms with Crippen molar-refractivity contribution in [2.45, 2.75) is 12.6 Å². The second-order valence-corrected chi connectivity index (χ2v) is 6.14. The number of esters is 1. The molecule has 28 heavy (non-hydrogen) atoms. The molecule has 150 valence electrons. The molecule has 0 spiro atoms. The van der Waals surface area contributed by atoms with E-state index in [1.807, 2.05) is 18.2 Å². The molecule has 1 aliphatic rings. The molecule has 0 aliphatic carbocycles. The Morgan fingerprint density at radius 3 is 2.75 bits per heavy atom. The van der Waals surface area contributed by atoms with Gasteiger partial charge in [0.15, 0.2) is 23.0 Å². The molecule has 1 heterocycles. The van der Waals surface area contributed by atoms with Gasteiger partial charge in [0.05, 0.1) is 19.8 Å². The van der Waals surface area contributed by atoms with E-state index in [9.17, 15) is 9.90 Å². The average Bonchev–Trinajstić information content (AvgIpc) is 3.19. The van der Waals surface area contributed by atoms with Gasteiger partial charge >= 0.3 is 5.97 Å². The van der Waals surface area contributed by atoms with Crippen molar-refractivity contribution in [1.29, 1.82) is 0 Å². The Kier molecular flexibility index (Phi) is 6.57. The molecule has 1 atom stereocenters. The Labute approximate surface area is 162 Å². The van der Waals surface area contributed by atoms with Crippen molar-refractivity contribution in [2.24, 2.45) is 0 Å². The number of hydrogen-bond donors (Lipinski definition) is 2. The van der Waals surface area contributed by atoms with Crippen LogP contribution in [-0.4, -0.2) is 51.3 Å². The highest BCUT2D eigenvalue weighted by Crippen LogP contribution is 2.32. The Hall–Kier alpha value is -2.97. The quantitative estimate of drug-likeness (QED) is 0.626. The van der Waals surface area contributed by atoms with Crippen molar-refractivity contribution in [2.75, 3.05) is 34.2 Å². The van der Waals surface area contributed by atoms with Gasteiger partial charge in [0.25, 0.3) is 0 Å². The maximum atomic E-state index is 11.6. The van der Waals surface area contributed by atoms with E-state index >= 15 is 0 Å². The fourth-order valence-corrected chi connectivity index (χ4v) is 2.71. The predicted octanol–water partition coefficient (Wildman–Crippen LogP) is 1.74. The van der Waals surface area contributed by atoms with Crippen LogP contribution in [0.1, 0.15) is 15.9 Å². The predicted molar refractivity (Wildman–Crippen MR) is 100 cm³/mol. The van der Waals surface area contributed by atoms with Crippen molar-refractivity contribution in [3.63, 3.8) is 0 Å². The van der Waals surface area contributed by atoms with E-state index in [1.165, 1.54) is 20.3 Å². The van der Waals surface area contributed by atoms with Crippen LogP contribution in [0.3, 0.4) is 0 Å². The lowest BCUT2D eigenvalue weighted by atomic mass is 10.2. The van der Waals surface area contributed by atoms with Crippen LogP contribution in [0, 0.1) is 0 Å². The summed E-state index contributed by atoms with van der Waals surface area (Å²) in [6, 6.07) is 10.4. The standard InChI is InChI=1S/C20H23NO7/c1-24-18-8-14(20(23)25-2)4-6-16(18)26-11-15(22)10-21-9-13-3-5-17-19(7-13)28-12-27-17/h3-8,15,21-22H,9-12H2,1-2H3/t15-/m1/s1. The van der Waals surface area contributed by atoms with Crippen molar-refractivity contribution in [1.82, 2.24) is 5.32 Å². The molecule has 2 aromatic rings. The Bertz CT molecular complexity index is 824. The molecule has 8 heteroatoms. The van der Waals surface area contributed by atoms with Crippen LogP contribution in [-0.2, 0) is 11.3 Å². The van der Waals surface area contributed by atoms with Crippen LogP contribution in [0.15, 0.2) is 36.4 Å². The number of carbonyl (C=O) groups is 1. The zero-order valence-corrected chi connectivity index (χ0v) is 15.8. The molecule has 2 N–H and O–H groups in total. The van der Waals surface area contributed by atoms with Crippen LogP contribution >= 0.6 is 0 Å². The summed E-state index contributed by atoms with van der Waals surface area (Å²) < 4.78 is 26.2. The van der Waals surface area contributed by atoms with Gasteiger partial charge < -0.3 is 34.1 Å². The zero-order chi connectivity index (χ0) is 19.9. The summed E-state index contributed by atoms with van der Waals surface area (Å²) in [6.45, 7) is 1.23. The number of nitrogens with one attached hydrogen (secondary N) is 1. The number of fused-ring (bicyclic) bond motifs is 1. The molecule has 8 nitrogen and oxygen atoms in total. The van der Waals surface area contributed by atoms with E-state index in [0.717, 1.165) is 17.1 Å². The second-order valence-electron chi connectivity index (χ2n) is 6.14. The van der Waals surface area contributed by atoms with E-state index in [-0.39, 0.29) is 13.4 Å². The lowest BCUT2D eigenvalue weighted by molar-refractivity contribution is 0.0600. The first-order valence-electron chi connectivity index (χ1n) is 8.77. The number of methoxy groups -OCH3 is 2. The van der Waals surface area contributed by atoms with Crippen LogP contribution in [0.4, 0.5) is 0 Å². The van der Waals surface area contributed by atoms with Crippen LogP contribution < -0.4 is 24.3 Å². The van der Waals surface area contributed by atoms with Gasteiger partial charge in [0.1, 0.15) is 12.7 Å². The van der Waals surface area contributed by atoms with Crippen molar-refractivity contribution < 1.29 is 33.6 Å². The van der Waals surface area contributed by atoms with Crippen molar-refractivity contribution in [3.8, 4) is 23.0 Å². The summed E-state index contributed by atoms with van der Waals surface area (Å²) in [6.07, 6.45) is -0.723. The number of hydrogen-bond acceptors (Lipinski definition) is 8. The molecule has 3 rings (SSSR count). The van der Waals surface area contributed by atoms with E-state index in [2.05, 4.69) is 10.1 Å². The normalized spacial score (nSPS) is 13.1. The molecule has 0 saturated heterocycles. The maximum Gasteiger partial charge on any atom is 0.337 e. The molecular weight excluding hydrogens is 366 g/mol. The monoisotopic (exact) mass is 389 g/mol. The number of aliphatic hydroxyl groups is 1. The van der Waals surface area contributed by atoms with Crippen LogP contribution in [0.5, 0.6) is 23.0 Å². The van der Waals surface area contributed by atoms with E-state index in [4.69, 9.17) is 18.9 Å². The first-order chi connectivity index (χ1) is 13.6. The molecule has 2 aromatic carbocycles. The van der Waals surface area contributed by atoms with Crippen LogP contribution in [0.2, 0.25) is 0 Å². The van der Waals surface area contributed by atoms with Gasteiger partial charge in [0, 0.05) is 13.1 Å². The summed E-state index contributed by atoms with van der Waals surface area (Å²) in [7, 11) is 2.79. The van der Waals surface area contributed by atoms with E-state index < -0.39 is 12.1 Å². The average molecular weight is 389 g/mol. The van der Waals surface area contributed by atoms with E-state index in [1.54, 1.807) is 12.1 Å². The SMILES string of the molecule is COC(=O)c1ccc(OC[C@H](O)CNCc2ccc3c(c2)OCO3)c(OC)c1. The Balaban J connectivity index is 1.46. The molecule has 0 radical (unpaired) electrons. The maximum absolute atomic E-state index is 11.6. The number of aliphatic hydroxyl groups excluding tert-OH is 1. The topological polar surface area (TPSA) is 95.5 Å². The van der Waals surface area contributed by atoms with Gasteiger partial charge in [-0.25, -0.2) is 4.79 Å². The molecule has 0 saturated carbocycles. The Morgan fingerprint density at radius 1 is 1.14 bits per heavy atom. The fraction of sp³-hybridized carbons (Fsp3) is 0.350. The zero-order valence-electron chi connectivity index (χ0n) is 15.8. The number of ether oxygens (including phenoxy) is 5. The number of rotatable bonds is 9. The largest absolute Gasteiger partial charge is 0.493 e. The lowest BCUT2D eigenvalue weighted by Crippen LogP contribution is -2.31. The lowest BCUT2D eigenvalue weighted by Gasteiger charge is -2.15. The third-order valence-corrected chi connectivity index (χ3v) is 4.16. The number of carbonyl (C=O) groups excluding carboxylic acids is 1. The summed E-state index contributed by atoms with van der Waals surface area (Å²) in [5, 5.41) is 13.3. The van der Waals surface area contributed by atoms with Gasteiger partial charge in [-0.05, 0) is 35.9 Å². The van der Waals surface area contributed by atoms with Gasteiger partial charge in [-0.3, -0.25) is 0 Å². The van der Waals surface area contributed by atoms with Crippen molar-refractivity contribution in [3.05, 3.63) is 47.5 Å². The first-order valence-corrected chi connectivity index (χ1v) is 8.77. The highest BCUT2D eigenvalue weighted by atomic mass is 16.7. The molecule has 0 fully saturated rings. The van der Waals surface area contributed by atoms with Gasteiger partial charge in [-0.1, -0.05) is 6.07 Å². The first kappa shape index (κ1) is 19.8. The minimum Gasteiger partial charge on any atom is -0.493 e. The van der Waals surface area contributed by atoms with E-state index in [0.29, 0.717) is 30.2 Å². The molecule has 0 unspecified atom stereocenters. The molecule has 1 aliphatic heterocycles. The third-order valence-electron chi connectivity index (χ3n) is 4.16. The Morgan fingerprint density at radius 2 is 1.96 bits per heavy atom. The smallest absolute Gasteiger partial charge is 0.337 e. The fourth-order valence-electron chi connectivity index (χ4n) is 2.71. The summed E-state index contributed by atoms with van der Waals surface area (Å²) in [5.41, 5.74) is 1.38. The van der Waals surface area contributed by atoms with Gasteiger partial charge in [0.2, 0.25) is 6.79 Å². The van der Waals surface area contributed by atoms with Crippen LogP contribution in [0.25, 0.3) is 0 Å². The summed E-state index contributed by atoms with van der Waals surface area (Å²) in [4.78, 5) is 11.6. The molecule has 0 aromatic heterocycles.